The summed E-state index contributed by atoms with van der Waals surface area (Å²) in [4.78, 5) is 2.94. The van der Waals surface area contributed by atoms with Crippen LogP contribution in [0, 0.1) is 17.1 Å². The van der Waals surface area contributed by atoms with Crippen LogP contribution in [0.4, 0.5) is 4.39 Å². The van der Waals surface area contributed by atoms with Crippen LogP contribution in [0.25, 0.3) is 17.0 Å². The van der Waals surface area contributed by atoms with E-state index in [4.69, 9.17) is 5.26 Å². The third-order valence-electron chi connectivity index (χ3n) is 2.01. The van der Waals surface area contributed by atoms with E-state index in [0.29, 0.717) is 0 Å². The first-order chi connectivity index (χ1) is 6.81. The highest BCUT2D eigenvalue weighted by Crippen LogP contribution is 2.20. The van der Waals surface area contributed by atoms with Gasteiger partial charge in [0.1, 0.15) is 5.82 Å². The summed E-state index contributed by atoms with van der Waals surface area (Å²) < 4.78 is 12.8. The van der Waals surface area contributed by atoms with E-state index in [2.05, 4.69) is 4.98 Å². The number of benzene rings is 1. The monoisotopic (exact) mass is 186 g/mol. The van der Waals surface area contributed by atoms with Crippen LogP contribution >= 0.6 is 0 Å². The fraction of sp³-hybridized carbons (Fsp3) is 0. The molecule has 0 spiro atoms. The summed E-state index contributed by atoms with van der Waals surface area (Å²) in [6.45, 7) is 0. The first kappa shape index (κ1) is 8.52. The molecule has 0 saturated carbocycles. The van der Waals surface area contributed by atoms with Gasteiger partial charge in [-0.1, -0.05) is 0 Å². The van der Waals surface area contributed by atoms with E-state index in [-0.39, 0.29) is 5.82 Å². The second-order valence-corrected chi connectivity index (χ2v) is 2.90. The summed E-state index contributed by atoms with van der Waals surface area (Å²) in [7, 11) is 0. The lowest BCUT2D eigenvalue weighted by Gasteiger charge is -1.91. The molecule has 1 heterocycles. The lowest BCUT2D eigenvalue weighted by molar-refractivity contribution is 0.629. The molecule has 0 radical (unpaired) electrons. The maximum atomic E-state index is 12.8. The molecule has 3 heteroatoms. The number of nitriles is 1. The number of fused-ring (bicyclic) bond motifs is 1. The Hall–Kier alpha value is -2.08. The van der Waals surface area contributed by atoms with Crippen molar-refractivity contribution in [2.24, 2.45) is 0 Å². The third-order valence-corrected chi connectivity index (χ3v) is 2.01. The maximum Gasteiger partial charge on any atom is 0.125 e. The first-order valence-electron chi connectivity index (χ1n) is 4.14. The van der Waals surface area contributed by atoms with E-state index in [1.165, 1.54) is 18.2 Å². The second kappa shape index (κ2) is 3.35. The Kier molecular flexibility index (Phi) is 2.04. The summed E-state index contributed by atoms with van der Waals surface area (Å²) in [5.41, 5.74) is 1.63. The Morgan fingerprint density at radius 1 is 1.43 bits per heavy atom. The number of nitrogens with one attached hydrogen (secondary N) is 1. The van der Waals surface area contributed by atoms with Gasteiger partial charge in [-0.2, -0.15) is 5.26 Å². The highest BCUT2D eigenvalue weighted by Gasteiger charge is 2.00. The normalized spacial score (nSPS) is 10.9. The number of hydrogen-bond donors (Lipinski definition) is 1. The van der Waals surface area contributed by atoms with Gasteiger partial charge in [0.15, 0.2) is 0 Å². The fourth-order valence-electron chi connectivity index (χ4n) is 1.39. The van der Waals surface area contributed by atoms with Crippen molar-refractivity contribution in [3.05, 3.63) is 41.9 Å². The molecule has 68 valence electrons. The van der Waals surface area contributed by atoms with E-state index in [9.17, 15) is 4.39 Å². The lowest BCUT2D eigenvalue weighted by Crippen LogP contribution is -1.73. The van der Waals surface area contributed by atoms with Crippen molar-refractivity contribution in [2.45, 2.75) is 0 Å². The molecule has 2 nitrogen and oxygen atoms in total. The van der Waals surface area contributed by atoms with Gasteiger partial charge in [-0.15, -0.1) is 0 Å². The van der Waals surface area contributed by atoms with Crippen molar-refractivity contribution in [3.63, 3.8) is 0 Å². The number of allylic oxidation sites excluding steroid dienone is 1. The maximum absolute atomic E-state index is 12.8. The highest BCUT2D eigenvalue weighted by molar-refractivity contribution is 5.89. The van der Waals surface area contributed by atoms with Gasteiger partial charge >= 0.3 is 0 Å². The van der Waals surface area contributed by atoms with Crippen LogP contribution in [0.3, 0.4) is 0 Å². The minimum Gasteiger partial charge on any atom is -0.360 e. The van der Waals surface area contributed by atoms with Crippen molar-refractivity contribution in [1.82, 2.24) is 4.98 Å². The molecule has 1 aromatic carbocycles. The molecular formula is C11H7FN2. The van der Waals surface area contributed by atoms with Gasteiger partial charge in [0.05, 0.1) is 6.07 Å². The Morgan fingerprint density at radius 3 is 3.07 bits per heavy atom. The summed E-state index contributed by atoms with van der Waals surface area (Å²) in [6.07, 6.45) is 4.83. The van der Waals surface area contributed by atoms with E-state index in [1.54, 1.807) is 18.3 Å². The molecule has 0 fully saturated rings. The zero-order chi connectivity index (χ0) is 9.97. The SMILES string of the molecule is N#C/C=C\c1c[nH]c2cc(F)ccc12. The molecule has 0 amide bonds. The average molecular weight is 186 g/mol. The number of aromatic nitrogens is 1. The molecule has 0 bridgehead atoms. The van der Waals surface area contributed by atoms with Gasteiger partial charge in [0.25, 0.3) is 0 Å². The van der Waals surface area contributed by atoms with Gasteiger partial charge in [-0.05, 0) is 24.3 Å². The minimum atomic E-state index is -0.268. The smallest absolute Gasteiger partial charge is 0.125 e. The van der Waals surface area contributed by atoms with Crippen molar-refractivity contribution < 1.29 is 4.39 Å². The van der Waals surface area contributed by atoms with Gasteiger partial charge in [-0.25, -0.2) is 4.39 Å². The number of nitrogens with zero attached hydrogens (tertiary/aromatic N) is 1. The number of rotatable bonds is 1. The van der Waals surface area contributed by atoms with Crippen LogP contribution < -0.4 is 0 Å². The molecule has 0 aliphatic carbocycles. The molecule has 1 N–H and O–H groups in total. The van der Waals surface area contributed by atoms with Crippen LogP contribution in [-0.4, -0.2) is 4.98 Å². The summed E-state index contributed by atoms with van der Waals surface area (Å²) in [5.74, 6) is -0.268. The summed E-state index contributed by atoms with van der Waals surface area (Å²) in [5, 5.41) is 9.29. The van der Waals surface area contributed by atoms with E-state index in [0.717, 1.165) is 16.5 Å². The number of H-pyrrole nitrogens is 1. The van der Waals surface area contributed by atoms with Gasteiger partial charge in [-0.3, -0.25) is 0 Å². The molecule has 2 rings (SSSR count). The van der Waals surface area contributed by atoms with Crippen molar-refractivity contribution in [3.8, 4) is 6.07 Å². The molecule has 1 aromatic heterocycles. The quantitative estimate of drug-likeness (QED) is 0.683. The molecule has 0 aliphatic rings. The van der Waals surface area contributed by atoms with Crippen LogP contribution in [0.5, 0.6) is 0 Å². The van der Waals surface area contributed by atoms with Crippen molar-refractivity contribution >= 4 is 17.0 Å². The fourth-order valence-corrected chi connectivity index (χ4v) is 1.39. The first-order valence-corrected chi connectivity index (χ1v) is 4.14. The largest absolute Gasteiger partial charge is 0.360 e. The van der Waals surface area contributed by atoms with Crippen LogP contribution in [0.1, 0.15) is 5.56 Å². The van der Waals surface area contributed by atoms with Gasteiger partial charge in [0, 0.05) is 28.7 Å². The van der Waals surface area contributed by atoms with Crippen LogP contribution in [0.15, 0.2) is 30.5 Å². The Bertz CT molecular complexity index is 532. The van der Waals surface area contributed by atoms with Crippen LogP contribution in [0.2, 0.25) is 0 Å². The molecule has 14 heavy (non-hydrogen) atoms. The molecule has 2 aromatic rings. The zero-order valence-electron chi connectivity index (χ0n) is 7.29. The predicted molar refractivity (Wildman–Crippen MR) is 52.9 cm³/mol. The van der Waals surface area contributed by atoms with E-state index < -0.39 is 0 Å². The number of hydrogen-bond acceptors (Lipinski definition) is 1. The average Bonchev–Trinajstić information content (AvgIpc) is 2.57. The summed E-state index contributed by atoms with van der Waals surface area (Å²) in [6, 6.07) is 6.44. The minimum absolute atomic E-state index is 0.268. The third kappa shape index (κ3) is 1.38. The molecule has 0 atom stereocenters. The van der Waals surface area contributed by atoms with Gasteiger partial charge in [0.2, 0.25) is 0 Å². The van der Waals surface area contributed by atoms with E-state index in [1.807, 2.05) is 6.07 Å². The van der Waals surface area contributed by atoms with Crippen LogP contribution in [-0.2, 0) is 0 Å². The number of halogens is 1. The standard InChI is InChI=1S/C11H7FN2/c12-9-3-4-10-8(2-1-5-13)7-14-11(10)6-9/h1-4,6-7,14H/b2-1-. The Balaban J connectivity index is 2.59. The number of aromatic amines is 1. The summed E-state index contributed by atoms with van der Waals surface area (Å²) >= 11 is 0. The zero-order valence-corrected chi connectivity index (χ0v) is 7.29. The Morgan fingerprint density at radius 2 is 2.29 bits per heavy atom. The topological polar surface area (TPSA) is 39.6 Å². The predicted octanol–water partition coefficient (Wildman–Crippen LogP) is 2.84. The molecular weight excluding hydrogens is 179 g/mol. The van der Waals surface area contributed by atoms with Gasteiger partial charge < -0.3 is 4.98 Å². The second-order valence-electron chi connectivity index (χ2n) is 2.90. The highest BCUT2D eigenvalue weighted by atomic mass is 19.1. The van der Waals surface area contributed by atoms with Crippen molar-refractivity contribution in [2.75, 3.05) is 0 Å². The lowest BCUT2D eigenvalue weighted by atomic mass is 10.1. The van der Waals surface area contributed by atoms with E-state index >= 15 is 0 Å². The molecule has 0 aliphatic heterocycles. The Labute approximate surface area is 80.3 Å². The molecule has 0 saturated heterocycles. The van der Waals surface area contributed by atoms with Crippen molar-refractivity contribution in [1.29, 1.82) is 5.26 Å². The molecule has 0 unspecified atom stereocenters.